The minimum absolute atomic E-state index is 0.0355. The molecule has 2 aromatic carbocycles. The van der Waals surface area contributed by atoms with Gasteiger partial charge in [-0.15, -0.1) is 0 Å². The number of hydrogen-bond acceptors (Lipinski definition) is 2. The van der Waals surface area contributed by atoms with Gasteiger partial charge in [0.15, 0.2) is 0 Å². The molecule has 0 fully saturated rings. The van der Waals surface area contributed by atoms with Gasteiger partial charge in [-0.3, -0.25) is 4.79 Å². The van der Waals surface area contributed by atoms with Crippen LogP contribution in [0.2, 0.25) is 0 Å². The zero-order valence-corrected chi connectivity index (χ0v) is 17.9. The van der Waals surface area contributed by atoms with Gasteiger partial charge < -0.3 is 9.88 Å². The summed E-state index contributed by atoms with van der Waals surface area (Å²) in [7, 11) is 0. The maximum atomic E-state index is 12.7. The van der Waals surface area contributed by atoms with Crippen molar-refractivity contribution in [1.82, 2.24) is 14.9 Å². The van der Waals surface area contributed by atoms with Crippen molar-refractivity contribution >= 4 is 16.9 Å². The maximum absolute atomic E-state index is 12.7. The summed E-state index contributed by atoms with van der Waals surface area (Å²) < 4.78 is 2.29. The third kappa shape index (κ3) is 5.47. The SMILES string of the molecule is CCCCCCCn1c(C(C)NC(=O)Cc2ccccc2C)nc2ccccc21. The van der Waals surface area contributed by atoms with E-state index in [0.29, 0.717) is 6.42 Å². The highest BCUT2D eigenvalue weighted by Gasteiger charge is 2.18. The van der Waals surface area contributed by atoms with E-state index in [0.717, 1.165) is 41.0 Å². The molecule has 154 valence electrons. The van der Waals surface area contributed by atoms with Crippen LogP contribution in [0.25, 0.3) is 11.0 Å². The average molecular weight is 392 g/mol. The van der Waals surface area contributed by atoms with Crippen molar-refractivity contribution in [3.8, 4) is 0 Å². The molecule has 1 unspecified atom stereocenters. The van der Waals surface area contributed by atoms with E-state index in [1.807, 2.05) is 50.2 Å². The molecule has 0 aliphatic heterocycles. The third-order valence-corrected chi connectivity index (χ3v) is 5.55. The average Bonchev–Trinajstić information content (AvgIpc) is 3.08. The summed E-state index contributed by atoms with van der Waals surface area (Å²) in [5, 5.41) is 3.16. The highest BCUT2D eigenvalue weighted by molar-refractivity contribution is 5.80. The molecule has 0 bridgehead atoms. The lowest BCUT2D eigenvalue weighted by Gasteiger charge is -2.17. The van der Waals surface area contributed by atoms with E-state index in [4.69, 9.17) is 4.98 Å². The molecule has 1 heterocycles. The Morgan fingerprint density at radius 1 is 1.03 bits per heavy atom. The number of aryl methyl sites for hydroxylation is 2. The Morgan fingerprint density at radius 3 is 2.55 bits per heavy atom. The minimum atomic E-state index is -0.130. The summed E-state index contributed by atoms with van der Waals surface area (Å²) in [5.41, 5.74) is 4.37. The summed E-state index contributed by atoms with van der Waals surface area (Å²) in [5.74, 6) is 0.980. The van der Waals surface area contributed by atoms with Gasteiger partial charge in [-0.25, -0.2) is 4.98 Å². The van der Waals surface area contributed by atoms with Crippen molar-refractivity contribution in [2.24, 2.45) is 0 Å². The second-order valence-corrected chi connectivity index (χ2v) is 7.92. The van der Waals surface area contributed by atoms with E-state index in [2.05, 4.69) is 28.9 Å². The molecule has 4 heteroatoms. The molecule has 1 aromatic heterocycles. The molecular formula is C25H33N3O. The Morgan fingerprint density at radius 2 is 1.76 bits per heavy atom. The highest BCUT2D eigenvalue weighted by Crippen LogP contribution is 2.22. The maximum Gasteiger partial charge on any atom is 0.225 e. The zero-order valence-electron chi connectivity index (χ0n) is 17.9. The van der Waals surface area contributed by atoms with E-state index >= 15 is 0 Å². The monoisotopic (exact) mass is 391 g/mol. The van der Waals surface area contributed by atoms with E-state index in [-0.39, 0.29) is 11.9 Å². The van der Waals surface area contributed by atoms with Crippen molar-refractivity contribution < 1.29 is 4.79 Å². The first-order valence-electron chi connectivity index (χ1n) is 10.9. The number of imidazole rings is 1. The van der Waals surface area contributed by atoms with Gasteiger partial charge in [0, 0.05) is 6.54 Å². The molecule has 29 heavy (non-hydrogen) atoms. The van der Waals surface area contributed by atoms with Gasteiger partial charge in [0.2, 0.25) is 5.91 Å². The lowest BCUT2D eigenvalue weighted by Crippen LogP contribution is -2.30. The fourth-order valence-corrected chi connectivity index (χ4v) is 3.87. The van der Waals surface area contributed by atoms with Crippen LogP contribution in [0.1, 0.15) is 68.9 Å². The van der Waals surface area contributed by atoms with Crippen LogP contribution >= 0.6 is 0 Å². The van der Waals surface area contributed by atoms with Crippen LogP contribution in [-0.2, 0) is 17.8 Å². The Kier molecular flexibility index (Phi) is 7.45. The quantitative estimate of drug-likeness (QED) is 0.448. The summed E-state index contributed by atoms with van der Waals surface area (Å²) in [6.45, 7) is 7.26. The lowest BCUT2D eigenvalue weighted by atomic mass is 10.1. The molecule has 3 aromatic rings. The molecule has 0 aliphatic carbocycles. The van der Waals surface area contributed by atoms with Gasteiger partial charge >= 0.3 is 0 Å². The van der Waals surface area contributed by atoms with Gasteiger partial charge in [0.1, 0.15) is 5.82 Å². The first-order valence-corrected chi connectivity index (χ1v) is 10.9. The molecule has 0 saturated heterocycles. The molecule has 3 rings (SSSR count). The van der Waals surface area contributed by atoms with Crippen molar-refractivity contribution in [2.75, 3.05) is 0 Å². The number of fused-ring (bicyclic) bond motifs is 1. The highest BCUT2D eigenvalue weighted by atomic mass is 16.1. The molecule has 0 radical (unpaired) electrons. The van der Waals surface area contributed by atoms with Crippen LogP contribution in [0.4, 0.5) is 0 Å². The molecular weight excluding hydrogens is 358 g/mol. The standard InChI is InChI=1S/C25H33N3O/c1-4-5-6-7-12-17-28-23-16-11-10-15-22(23)27-25(28)20(3)26-24(29)18-21-14-9-8-13-19(21)2/h8-11,13-16,20H,4-7,12,17-18H2,1-3H3,(H,26,29). The van der Waals surface area contributed by atoms with Crippen LogP contribution in [0.3, 0.4) is 0 Å². The molecule has 1 amide bonds. The molecule has 0 aliphatic rings. The second kappa shape index (κ2) is 10.2. The van der Waals surface area contributed by atoms with E-state index in [1.165, 1.54) is 25.7 Å². The van der Waals surface area contributed by atoms with Gasteiger partial charge in [0.25, 0.3) is 0 Å². The predicted molar refractivity (Wildman–Crippen MR) is 120 cm³/mol. The van der Waals surface area contributed by atoms with Gasteiger partial charge in [-0.2, -0.15) is 0 Å². The van der Waals surface area contributed by atoms with E-state index in [9.17, 15) is 4.79 Å². The summed E-state index contributed by atoms with van der Waals surface area (Å²) in [6.07, 6.45) is 6.59. The Balaban J connectivity index is 1.72. The number of nitrogens with one attached hydrogen (secondary N) is 1. The van der Waals surface area contributed by atoms with Crippen molar-refractivity contribution in [1.29, 1.82) is 0 Å². The Bertz CT molecular complexity index is 944. The number of rotatable bonds is 10. The number of carbonyl (C=O) groups excluding carboxylic acids is 1. The van der Waals surface area contributed by atoms with Crippen LogP contribution in [-0.4, -0.2) is 15.5 Å². The van der Waals surface area contributed by atoms with Crippen molar-refractivity contribution in [3.05, 3.63) is 65.5 Å². The normalized spacial score (nSPS) is 12.2. The van der Waals surface area contributed by atoms with E-state index in [1.54, 1.807) is 0 Å². The number of hydrogen-bond donors (Lipinski definition) is 1. The number of para-hydroxylation sites is 2. The predicted octanol–water partition coefficient (Wildman–Crippen LogP) is 5.74. The largest absolute Gasteiger partial charge is 0.346 e. The van der Waals surface area contributed by atoms with E-state index < -0.39 is 0 Å². The molecule has 4 nitrogen and oxygen atoms in total. The number of carbonyl (C=O) groups is 1. The number of benzene rings is 2. The van der Waals surface area contributed by atoms with Crippen molar-refractivity contribution in [3.63, 3.8) is 0 Å². The number of aromatic nitrogens is 2. The Hall–Kier alpha value is -2.62. The van der Waals surface area contributed by atoms with Crippen molar-refractivity contribution in [2.45, 2.75) is 71.9 Å². The number of unbranched alkanes of at least 4 members (excludes halogenated alkanes) is 4. The molecule has 1 N–H and O–H groups in total. The number of nitrogens with zero attached hydrogens (tertiary/aromatic N) is 2. The van der Waals surface area contributed by atoms with Gasteiger partial charge in [-0.05, 0) is 43.5 Å². The lowest BCUT2D eigenvalue weighted by molar-refractivity contribution is -0.121. The molecule has 1 atom stereocenters. The smallest absolute Gasteiger partial charge is 0.225 e. The third-order valence-electron chi connectivity index (χ3n) is 5.55. The first-order chi connectivity index (χ1) is 14.1. The topological polar surface area (TPSA) is 46.9 Å². The van der Waals surface area contributed by atoms with Crippen LogP contribution < -0.4 is 5.32 Å². The van der Waals surface area contributed by atoms with Gasteiger partial charge in [0.05, 0.1) is 23.5 Å². The summed E-state index contributed by atoms with van der Waals surface area (Å²) in [4.78, 5) is 17.5. The van der Waals surface area contributed by atoms with Crippen LogP contribution in [0, 0.1) is 6.92 Å². The summed E-state index contributed by atoms with van der Waals surface area (Å²) >= 11 is 0. The summed E-state index contributed by atoms with van der Waals surface area (Å²) in [6, 6.07) is 16.2. The minimum Gasteiger partial charge on any atom is -0.346 e. The zero-order chi connectivity index (χ0) is 20.6. The molecule has 0 spiro atoms. The van der Waals surface area contributed by atoms with Crippen LogP contribution in [0.5, 0.6) is 0 Å². The van der Waals surface area contributed by atoms with Crippen LogP contribution in [0.15, 0.2) is 48.5 Å². The Labute approximate surface area is 174 Å². The fourth-order valence-electron chi connectivity index (χ4n) is 3.87. The molecule has 0 saturated carbocycles. The first kappa shape index (κ1) is 21.1. The second-order valence-electron chi connectivity index (χ2n) is 7.92. The fraction of sp³-hybridized carbons (Fsp3) is 0.440. The van der Waals surface area contributed by atoms with Gasteiger partial charge in [-0.1, -0.05) is 69.0 Å². The number of amides is 1.